The first-order chi connectivity index (χ1) is 4.57. The number of aliphatic hydroxyl groups excluding tert-OH is 3. The van der Waals surface area contributed by atoms with E-state index in [9.17, 15) is 4.79 Å². The summed E-state index contributed by atoms with van der Waals surface area (Å²) in [6.07, 6.45) is -2.90. The first kappa shape index (κ1) is 9.55. The largest absolute Gasteiger partial charge is 0.391 e. The molecule has 0 amide bonds. The molecule has 0 aliphatic rings. The molecule has 4 heteroatoms. The molecule has 0 heterocycles. The van der Waals surface area contributed by atoms with Crippen molar-refractivity contribution in [3.8, 4) is 0 Å². The molecule has 0 rings (SSSR count). The van der Waals surface area contributed by atoms with Crippen molar-refractivity contribution >= 4 is 6.29 Å². The summed E-state index contributed by atoms with van der Waals surface area (Å²) < 4.78 is 0. The Kier molecular flexibility index (Phi) is 4.18. The van der Waals surface area contributed by atoms with Gasteiger partial charge in [-0.25, -0.2) is 0 Å². The molecule has 0 saturated heterocycles. The number of aldehydes is 1. The van der Waals surface area contributed by atoms with Gasteiger partial charge in [0.05, 0.1) is 12.2 Å². The first-order valence-corrected chi connectivity index (χ1v) is 3.07. The molecule has 0 aliphatic carbocycles. The van der Waals surface area contributed by atoms with Crippen molar-refractivity contribution in [1.29, 1.82) is 0 Å². The smallest absolute Gasteiger partial charge is 0.148 e. The zero-order valence-corrected chi connectivity index (χ0v) is 5.77. The van der Waals surface area contributed by atoms with E-state index in [2.05, 4.69) is 0 Å². The van der Waals surface area contributed by atoms with Crippen LogP contribution in [0.2, 0.25) is 0 Å². The number of hydrogen-bond donors (Lipinski definition) is 3. The molecular formula is C6H12O4. The predicted octanol–water partition coefficient (Wildman–Crippen LogP) is -1.32. The summed E-state index contributed by atoms with van der Waals surface area (Å²) in [5.41, 5.74) is 0. The highest BCUT2D eigenvalue weighted by Gasteiger charge is 2.14. The van der Waals surface area contributed by atoms with Gasteiger partial charge < -0.3 is 20.1 Å². The van der Waals surface area contributed by atoms with E-state index in [0.29, 0.717) is 6.29 Å². The third-order valence-electron chi connectivity index (χ3n) is 1.20. The van der Waals surface area contributed by atoms with Crippen LogP contribution in [0.1, 0.15) is 13.3 Å². The number of carbonyl (C=O) groups is 1. The van der Waals surface area contributed by atoms with E-state index >= 15 is 0 Å². The van der Waals surface area contributed by atoms with Gasteiger partial charge in [-0.2, -0.15) is 0 Å². The van der Waals surface area contributed by atoms with Crippen molar-refractivity contribution in [3.63, 3.8) is 0 Å². The summed E-state index contributed by atoms with van der Waals surface area (Å²) in [4.78, 5) is 9.82. The Morgan fingerprint density at radius 2 is 1.90 bits per heavy atom. The molecule has 0 bridgehead atoms. The summed E-state index contributed by atoms with van der Waals surface area (Å²) >= 11 is 0. The van der Waals surface area contributed by atoms with Gasteiger partial charge in [0.2, 0.25) is 0 Å². The van der Waals surface area contributed by atoms with Gasteiger partial charge in [-0.15, -0.1) is 0 Å². The molecule has 0 saturated carbocycles. The van der Waals surface area contributed by atoms with Gasteiger partial charge in [0, 0.05) is 6.42 Å². The lowest BCUT2D eigenvalue weighted by atomic mass is 10.1. The van der Waals surface area contributed by atoms with Gasteiger partial charge in [0.15, 0.2) is 0 Å². The van der Waals surface area contributed by atoms with Gasteiger partial charge in [-0.3, -0.25) is 0 Å². The second-order valence-corrected chi connectivity index (χ2v) is 2.25. The zero-order chi connectivity index (χ0) is 8.15. The van der Waals surface area contributed by atoms with Gasteiger partial charge in [-0.1, -0.05) is 0 Å². The van der Waals surface area contributed by atoms with E-state index in [1.54, 1.807) is 0 Å². The quantitative estimate of drug-likeness (QED) is 0.432. The Morgan fingerprint density at radius 1 is 1.40 bits per heavy atom. The average Bonchev–Trinajstić information content (AvgIpc) is 1.87. The molecule has 0 aromatic heterocycles. The lowest BCUT2D eigenvalue weighted by molar-refractivity contribution is -0.117. The maximum absolute atomic E-state index is 9.82. The SMILES string of the molecule is C[C@H](O)[C@H](O)C[C@H](O)C=O. The number of aliphatic hydroxyl groups is 3. The van der Waals surface area contributed by atoms with Crippen LogP contribution < -0.4 is 0 Å². The molecule has 0 unspecified atom stereocenters. The predicted molar refractivity (Wildman–Crippen MR) is 34.4 cm³/mol. The molecule has 0 aromatic carbocycles. The summed E-state index contributed by atoms with van der Waals surface area (Å²) in [6, 6.07) is 0. The van der Waals surface area contributed by atoms with Crippen molar-refractivity contribution in [3.05, 3.63) is 0 Å². The van der Waals surface area contributed by atoms with Crippen LogP contribution in [0.15, 0.2) is 0 Å². The van der Waals surface area contributed by atoms with E-state index < -0.39 is 18.3 Å². The van der Waals surface area contributed by atoms with Crippen LogP contribution >= 0.6 is 0 Å². The van der Waals surface area contributed by atoms with E-state index in [-0.39, 0.29) is 6.42 Å². The van der Waals surface area contributed by atoms with E-state index in [1.165, 1.54) is 6.92 Å². The van der Waals surface area contributed by atoms with Crippen LogP contribution in [0.5, 0.6) is 0 Å². The fourth-order valence-corrected chi connectivity index (χ4v) is 0.500. The second-order valence-electron chi connectivity index (χ2n) is 2.25. The molecule has 10 heavy (non-hydrogen) atoms. The maximum atomic E-state index is 9.82. The Bertz CT molecular complexity index is 102. The number of rotatable bonds is 4. The number of carbonyl (C=O) groups excluding carboxylic acids is 1. The monoisotopic (exact) mass is 148 g/mol. The van der Waals surface area contributed by atoms with Crippen LogP contribution in [0.4, 0.5) is 0 Å². The lowest BCUT2D eigenvalue weighted by Gasteiger charge is -2.13. The van der Waals surface area contributed by atoms with Crippen molar-refractivity contribution < 1.29 is 20.1 Å². The summed E-state index contributed by atoms with van der Waals surface area (Å²) in [6.45, 7) is 1.39. The third-order valence-corrected chi connectivity index (χ3v) is 1.20. The highest BCUT2D eigenvalue weighted by atomic mass is 16.3. The van der Waals surface area contributed by atoms with E-state index in [1.807, 2.05) is 0 Å². The summed E-state index contributed by atoms with van der Waals surface area (Å²) in [7, 11) is 0. The molecule has 0 radical (unpaired) electrons. The standard InChI is InChI=1S/C6H12O4/c1-4(8)6(10)2-5(9)3-7/h3-6,8-10H,2H2,1H3/t4-,5-,6+/m0/s1. The topological polar surface area (TPSA) is 77.8 Å². The Morgan fingerprint density at radius 3 is 2.20 bits per heavy atom. The third kappa shape index (κ3) is 3.55. The maximum Gasteiger partial charge on any atom is 0.148 e. The minimum absolute atomic E-state index is 0.110. The van der Waals surface area contributed by atoms with Crippen LogP contribution in [0.25, 0.3) is 0 Å². The molecular weight excluding hydrogens is 136 g/mol. The zero-order valence-electron chi connectivity index (χ0n) is 5.77. The van der Waals surface area contributed by atoms with Crippen LogP contribution in [0, 0.1) is 0 Å². The molecule has 0 aromatic rings. The molecule has 4 nitrogen and oxygen atoms in total. The van der Waals surface area contributed by atoms with Gasteiger partial charge >= 0.3 is 0 Å². The van der Waals surface area contributed by atoms with E-state index in [4.69, 9.17) is 15.3 Å². The van der Waals surface area contributed by atoms with Crippen LogP contribution in [0.3, 0.4) is 0 Å². The molecule has 3 N–H and O–H groups in total. The minimum Gasteiger partial charge on any atom is -0.391 e. The average molecular weight is 148 g/mol. The highest BCUT2D eigenvalue weighted by molar-refractivity contribution is 5.55. The fraction of sp³-hybridized carbons (Fsp3) is 0.833. The normalized spacial score (nSPS) is 19.6. The van der Waals surface area contributed by atoms with Gasteiger partial charge in [-0.05, 0) is 6.92 Å². The van der Waals surface area contributed by atoms with E-state index in [0.717, 1.165) is 0 Å². The van der Waals surface area contributed by atoms with Crippen molar-refractivity contribution in [2.75, 3.05) is 0 Å². The molecule has 0 aliphatic heterocycles. The minimum atomic E-state index is -1.18. The molecule has 3 atom stereocenters. The molecule has 0 fully saturated rings. The van der Waals surface area contributed by atoms with Crippen LogP contribution in [-0.2, 0) is 4.79 Å². The highest BCUT2D eigenvalue weighted by Crippen LogP contribution is 2.00. The van der Waals surface area contributed by atoms with Crippen molar-refractivity contribution in [2.24, 2.45) is 0 Å². The van der Waals surface area contributed by atoms with Crippen LogP contribution in [-0.4, -0.2) is 39.9 Å². The molecule has 60 valence electrons. The summed E-state index contributed by atoms with van der Waals surface area (Å²) in [5.74, 6) is 0. The number of hydrogen-bond acceptors (Lipinski definition) is 4. The van der Waals surface area contributed by atoms with Crippen molar-refractivity contribution in [2.45, 2.75) is 31.7 Å². The van der Waals surface area contributed by atoms with Gasteiger partial charge in [0.25, 0.3) is 0 Å². The molecule has 0 spiro atoms. The fourth-order valence-electron chi connectivity index (χ4n) is 0.500. The second kappa shape index (κ2) is 4.38. The van der Waals surface area contributed by atoms with Gasteiger partial charge in [0.1, 0.15) is 12.4 Å². The summed E-state index contributed by atoms with van der Waals surface area (Å²) in [5, 5.41) is 26.2. The Balaban J connectivity index is 3.56. The van der Waals surface area contributed by atoms with Crippen molar-refractivity contribution in [1.82, 2.24) is 0 Å². The first-order valence-electron chi connectivity index (χ1n) is 3.07. The Labute approximate surface area is 59.1 Å². The lowest BCUT2D eigenvalue weighted by Crippen LogP contribution is -2.28. The Hall–Kier alpha value is -0.450.